The normalized spacial score (nSPS) is 21.5. The summed E-state index contributed by atoms with van der Waals surface area (Å²) < 4.78 is 0.773. The van der Waals surface area contributed by atoms with Gasteiger partial charge in [-0.3, -0.25) is 4.79 Å². The van der Waals surface area contributed by atoms with E-state index in [1.54, 1.807) is 12.1 Å². The zero-order valence-corrected chi connectivity index (χ0v) is 14.2. The molecule has 21 heavy (non-hydrogen) atoms. The molecule has 1 unspecified atom stereocenters. The van der Waals surface area contributed by atoms with Crippen molar-refractivity contribution in [2.45, 2.75) is 31.7 Å². The van der Waals surface area contributed by atoms with Crippen LogP contribution in [0.4, 0.5) is 0 Å². The van der Waals surface area contributed by atoms with Crippen molar-refractivity contribution in [2.75, 3.05) is 19.6 Å². The summed E-state index contributed by atoms with van der Waals surface area (Å²) in [5, 5.41) is 13.3. The summed E-state index contributed by atoms with van der Waals surface area (Å²) in [7, 11) is 0. The van der Waals surface area contributed by atoms with Crippen molar-refractivity contribution in [1.29, 1.82) is 0 Å². The molecule has 0 bridgehead atoms. The number of aromatic hydroxyl groups is 1. The van der Waals surface area contributed by atoms with Crippen molar-refractivity contribution in [2.24, 2.45) is 5.92 Å². The fraction of sp³-hybridized carbons (Fsp3) is 0.562. The zero-order valence-electron chi connectivity index (χ0n) is 12.0. The van der Waals surface area contributed by atoms with Crippen LogP contribution in [0.5, 0.6) is 5.75 Å². The Morgan fingerprint density at radius 3 is 2.76 bits per heavy atom. The van der Waals surface area contributed by atoms with Crippen LogP contribution in [0.15, 0.2) is 18.2 Å². The Labute approximate surface area is 139 Å². The molecule has 2 aliphatic rings. The third-order valence-corrected chi connectivity index (χ3v) is 5.17. The molecule has 1 heterocycles. The van der Waals surface area contributed by atoms with Gasteiger partial charge in [0.05, 0.1) is 3.57 Å². The van der Waals surface area contributed by atoms with Gasteiger partial charge in [-0.2, -0.15) is 0 Å². The predicted octanol–water partition coefficient (Wildman–Crippen LogP) is 2.60. The van der Waals surface area contributed by atoms with E-state index in [1.807, 2.05) is 11.0 Å². The molecule has 0 aromatic heterocycles. The van der Waals surface area contributed by atoms with Crippen LogP contribution < -0.4 is 5.32 Å². The lowest BCUT2D eigenvalue weighted by Gasteiger charge is -2.26. The largest absolute Gasteiger partial charge is 0.507 e. The number of hydrogen-bond acceptors (Lipinski definition) is 3. The molecule has 4 nitrogen and oxygen atoms in total. The molecule has 2 N–H and O–H groups in total. The van der Waals surface area contributed by atoms with Gasteiger partial charge in [-0.25, -0.2) is 0 Å². The quantitative estimate of drug-likeness (QED) is 0.748. The molecule has 0 radical (unpaired) electrons. The van der Waals surface area contributed by atoms with Crippen LogP contribution in [0.1, 0.15) is 36.0 Å². The Balaban J connectivity index is 1.73. The molecule has 1 aromatic rings. The number of carbonyl (C=O) groups excluding carboxylic acids is 1. The molecule has 114 valence electrons. The SMILES string of the molecule is O=C(c1ccc(I)c(O)c1)N(CC1CC1)CC1CCCN1. The predicted molar refractivity (Wildman–Crippen MR) is 90.5 cm³/mol. The molecule has 1 aromatic carbocycles. The Morgan fingerprint density at radius 1 is 1.33 bits per heavy atom. The van der Waals surface area contributed by atoms with E-state index in [4.69, 9.17) is 0 Å². The topological polar surface area (TPSA) is 52.6 Å². The second-order valence-electron chi connectivity index (χ2n) is 6.11. The lowest BCUT2D eigenvalue weighted by atomic mass is 10.1. The average molecular weight is 400 g/mol. The summed E-state index contributed by atoms with van der Waals surface area (Å²) in [6, 6.07) is 5.62. The van der Waals surface area contributed by atoms with Gasteiger partial charge in [0.2, 0.25) is 0 Å². The maximum atomic E-state index is 12.7. The van der Waals surface area contributed by atoms with E-state index < -0.39 is 0 Å². The van der Waals surface area contributed by atoms with Crippen LogP contribution in [-0.2, 0) is 0 Å². The van der Waals surface area contributed by atoms with E-state index in [0.717, 1.165) is 29.6 Å². The molecule has 1 aliphatic carbocycles. The monoisotopic (exact) mass is 400 g/mol. The number of amides is 1. The zero-order chi connectivity index (χ0) is 14.8. The van der Waals surface area contributed by atoms with Gasteiger partial charge >= 0.3 is 0 Å². The van der Waals surface area contributed by atoms with Crippen molar-refractivity contribution in [3.63, 3.8) is 0 Å². The number of phenolic OH excluding ortho intramolecular Hbond substituents is 1. The molecule has 0 spiro atoms. The van der Waals surface area contributed by atoms with Crippen LogP contribution >= 0.6 is 22.6 Å². The number of halogens is 1. The van der Waals surface area contributed by atoms with E-state index in [2.05, 4.69) is 27.9 Å². The van der Waals surface area contributed by atoms with Gasteiger partial charge in [0.15, 0.2) is 0 Å². The number of carbonyl (C=O) groups is 1. The van der Waals surface area contributed by atoms with Crippen LogP contribution in [0.3, 0.4) is 0 Å². The first-order valence-electron chi connectivity index (χ1n) is 7.64. The molecular weight excluding hydrogens is 379 g/mol. The number of hydrogen-bond donors (Lipinski definition) is 2. The van der Waals surface area contributed by atoms with Crippen LogP contribution in [0, 0.1) is 9.49 Å². The minimum Gasteiger partial charge on any atom is -0.507 e. The van der Waals surface area contributed by atoms with E-state index >= 15 is 0 Å². The minimum atomic E-state index is 0.0438. The third kappa shape index (κ3) is 3.88. The summed E-state index contributed by atoms with van der Waals surface area (Å²) in [6.07, 6.45) is 4.81. The Morgan fingerprint density at radius 2 is 2.14 bits per heavy atom. The Bertz CT molecular complexity index is 525. The summed E-state index contributed by atoms with van der Waals surface area (Å²) >= 11 is 2.07. The van der Waals surface area contributed by atoms with Gasteiger partial charge < -0.3 is 15.3 Å². The molecule has 1 saturated heterocycles. The molecular formula is C16H21IN2O2. The fourth-order valence-corrected chi connectivity index (χ4v) is 3.19. The maximum Gasteiger partial charge on any atom is 0.254 e. The highest BCUT2D eigenvalue weighted by Gasteiger charge is 2.29. The second-order valence-corrected chi connectivity index (χ2v) is 7.28. The van der Waals surface area contributed by atoms with Crippen LogP contribution in [0.25, 0.3) is 0 Å². The van der Waals surface area contributed by atoms with Crippen LogP contribution in [-0.4, -0.2) is 41.6 Å². The first-order valence-corrected chi connectivity index (χ1v) is 8.72. The van der Waals surface area contributed by atoms with E-state index in [9.17, 15) is 9.90 Å². The first kappa shape index (κ1) is 15.1. The summed E-state index contributed by atoms with van der Waals surface area (Å²) in [4.78, 5) is 14.7. The average Bonchev–Trinajstić information content (AvgIpc) is 3.14. The number of nitrogens with one attached hydrogen (secondary N) is 1. The molecule has 2 fully saturated rings. The number of nitrogens with zero attached hydrogens (tertiary/aromatic N) is 1. The van der Waals surface area contributed by atoms with Gasteiger partial charge in [0.25, 0.3) is 5.91 Å². The highest BCUT2D eigenvalue weighted by atomic mass is 127. The minimum absolute atomic E-state index is 0.0438. The Kier molecular flexibility index (Phi) is 4.69. The number of phenols is 1. The second kappa shape index (κ2) is 6.52. The van der Waals surface area contributed by atoms with Gasteiger partial charge in [-0.1, -0.05) is 0 Å². The van der Waals surface area contributed by atoms with E-state index in [-0.39, 0.29) is 11.7 Å². The smallest absolute Gasteiger partial charge is 0.254 e. The van der Waals surface area contributed by atoms with Gasteiger partial charge in [0, 0.05) is 24.7 Å². The van der Waals surface area contributed by atoms with Crippen LogP contribution in [0.2, 0.25) is 0 Å². The lowest BCUT2D eigenvalue weighted by molar-refractivity contribution is 0.0733. The fourth-order valence-electron chi connectivity index (χ4n) is 2.86. The number of benzene rings is 1. The van der Waals surface area contributed by atoms with Crippen molar-refractivity contribution in [3.8, 4) is 5.75 Å². The molecule has 5 heteroatoms. The van der Waals surface area contributed by atoms with Crippen molar-refractivity contribution in [3.05, 3.63) is 27.3 Å². The summed E-state index contributed by atoms with van der Waals surface area (Å²) in [5.41, 5.74) is 0.589. The molecule has 1 atom stereocenters. The Hall–Kier alpha value is -0.820. The van der Waals surface area contributed by atoms with Crippen molar-refractivity contribution >= 4 is 28.5 Å². The van der Waals surface area contributed by atoms with Gasteiger partial charge in [-0.05, 0) is 78.9 Å². The van der Waals surface area contributed by atoms with Gasteiger partial charge in [-0.15, -0.1) is 0 Å². The molecule has 1 saturated carbocycles. The van der Waals surface area contributed by atoms with Crippen molar-refractivity contribution < 1.29 is 9.90 Å². The van der Waals surface area contributed by atoms with Crippen molar-refractivity contribution in [1.82, 2.24) is 10.2 Å². The standard InChI is InChI=1S/C16H21IN2O2/c17-14-6-5-12(8-15(14)20)16(21)19(9-11-3-4-11)10-13-2-1-7-18-13/h5-6,8,11,13,18,20H,1-4,7,9-10H2. The molecule has 1 aliphatic heterocycles. The maximum absolute atomic E-state index is 12.7. The van der Waals surface area contributed by atoms with E-state index in [0.29, 0.717) is 17.5 Å². The third-order valence-electron chi connectivity index (χ3n) is 4.26. The lowest BCUT2D eigenvalue weighted by Crippen LogP contribution is -2.42. The van der Waals surface area contributed by atoms with Gasteiger partial charge in [0.1, 0.15) is 5.75 Å². The highest BCUT2D eigenvalue weighted by molar-refractivity contribution is 14.1. The van der Waals surface area contributed by atoms with E-state index in [1.165, 1.54) is 19.3 Å². The number of rotatable bonds is 5. The summed E-state index contributed by atoms with van der Waals surface area (Å²) in [5.74, 6) is 0.905. The molecule has 3 rings (SSSR count). The summed E-state index contributed by atoms with van der Waals surface area (Å²) in [6.45, 7) is 2.69. The molecule has 1 amide bonds. The first-order chi connectivity index (χ1) is 10.1. The highest BCUT2D eigenvalue weighted by Crippen LogP contribution is 2.31.